The number of aliphatic hydroxyl groups is 1. The molecule has 0 fully saturated rings. The molecule has 156 valence electrons. The van der Waals surface area contributed by atoms with Crippen LogP contribution in [0.2, 0.25) is 0 Å². The number of hydrogen-bond donors (Lipinski definition) is 4. The highest BCUT2D eigenvalue weighted by atomic mass is 16.6. The van der Waals surface area contributed by atoms with E-state index in [4.69, 9.17) is 10.5 Å². The van der Waals surface area contributed by atoms with Gasteiger partial charge in [0.15, 0.2) is 0 Å². The summed E-state index contributed by atoms with van der Waals surface area (Å²) in [4.78, 5) is 27.9. The fourth-order valence-electron chi connectivity index (χ4n) is 2.62. The third-order valence-electron chi connectivity index (χ3n) is 3.92. The SMILES string of the molecule is CCOC(=O)Nc1cc(NCC(O)CN(C)c2ccccc2)c([N+](=O)[O-])c(N)n1. The Morgan fingerprint density at radius 2 is 2.10 bits per heavy atom. The summed E-state index contributed by atoms with van der Waals surface area (Å²) >= 11 is 0. The quantitative estimate of drug-likeness (QED) is 0.363. The highest BCUT2D eigenvalue weighted by molar-refractivity contribution is 5.86. The molecule has 1 atom stereocenters. The lowest BCUT2D eigenvalue weighted by Gasteiger charge is -2.23. The van der Waals surface area contributed by atoms with Crippen molar-refractivity contribution in [2.75, 3.05) is 48.0 Å². The lowest BCUT2D eigenvalue weighted by atomic mass is 10.2. The Morgan fingerprint density at radius 3 is 2.72 bits per heavy atom. The number of anilines is 4. The first kappa shape index (κ1) is 21.7. The Hall–Kier alpha value is -3.60. The van der Waals surface area contributed by atoms with Crippen LogP contribution in [0.1, 0.15) is 6.92 Å². The molecule has 1 heterocycles. The molecule has 0 aliphatic carbocycles. The largest absolute Gasteiger partial charge is 0.450 e. The summed E-state index contributed by atoms with van der Waals surface area (Å²) in [6.45, 7) is 2.10. The van der Waals surface area contributed by atoms with E-state index in [1.54, 1.807) is 6.92 Å². The number of rotatable bonds is 9. The topological polar surface area (TPSA) is 156 Å². The number of nitrogens with zero attached hydrogens (tertiary/aromatic N) is 3. The predicted octanol–water partition coefficient (Wildman–Crippen LogP) is 2.05. The van der Waals surface area contributed by atoms with Gasteiger partial charge in [0.05, 0.1) is 17.6 Å². The average Bonchev–Trinajstić information content (AvgIpc) is 2.66. The summed E-state index contributed by atoms with van der Waals surface area (Å²) in [6.07, 6.45) is -1.60. The number of nitrogen functional groups attached to an aromatic ring is 1. The van der Waals surface area contributed by atoms with Gasteiger partial charge < -0.3 is 25.8 Å². The zero-order chi connectivity index (χ0) is 21.4. The van der Waals surface area contributed by atoms with E-state index >= 15 is 0 Å². The first-order valence-corrected chi connectivity index (χ1v) is 8.88. The third kappa shape index (κ3) is 6.21. The minimum Gasteiger partial charge on any atom is -0.450 e. The second-order valence-electron chi connectivity index (χ2n) is 6.14. The molecule has 5 N–H and O–H groups in total. The zero-order valence-electron chi connectivity index (χ0n) is 16.2. The van der Waals surface area contributed by atoms with Crippen molar-refractivity contribution in [3.8, 4) is 0 Å². The molecule has 0 saturated heterocycles. The monoisotopic (exact) mass is 404 g/mol. The maximum absolute atomic E-state index is 11.6. The maximum Gasteiger partial charge on any atom is 0.412 e. The Bertz CT molecular complexity index is 848. The van der Waals surface area contributed by atoms with Gasteiger partial charge in [-0.2, -0.15) is 0 Å². The first-order valence-electron chi connectivity index (χ1n) is 8.88. The minimum atomic E-state index is -0.837. The second kappa shape index (κ2) is 10.1. The molecule has 0 bridgehead atoms. The van der Waals surface area contributed by atoms with Gasteiger partial charge in [0.2, 0.25) is 5.82 Å². The summed E-state index contributed by atoms with van der Waals surface area (Å²) in [6, 6.07) is 10.7. The van der Waals surface area contributed by atoms with Crippen LogP contribution in [0.4, 0.5) is 33.5 Å². The highest BCUT2D eigenvalue weighted by Gasteiger charge is 2.23. The van der Waals surface area contributed by atoms with Crippen LogP contribution in [0.25, 0.3) is 0 Å². The number of carbonyl (C=O) groups excluding carboxylic acids is 1. The van der Waals surface area contributed by atoms with E-state index in [1.807, 2.05) is 42.3 Å². The molecule has 11 heteroatoms. The number of aliphatic hydroxyl groups excluding tert-OH is 1. The lowest BCUT2D eigenvalue weighted by molar-refractivity contribution is -0.383. The summed E-state index contributed by atoms with van der Waals surface area (Å²) in [7, 11) is 1.83. The molecule has 1 amide bonds. The van der Waals surface area contributed by atoms with E-state index < -0.39 is 22.8 Å². The van der Waals surface area contributed by atoms with Crippen molar-refractivity contribution in [2.45, 2.75) is 13.0 Å². The number of carbonyl (C=O) groups is 1. The molecule has 0 radical (unpaired) electrons. The van der Waals surface area contributed by atoms with E-state index in [9.17, 15) is 20.0 Å². The van der Waals surface area contributed by atoms with Crippen LogP contribution >= 0.6 is 0 Å². The van der Waals surface area contributed by atoms with Crippen molar-refractivity contribution in [1.82, 2.24) is 4.98 Å². The van der Waals surface area contributed by atoms with Crippen molar-refractivity contribution < 1.29 is 19.6 Å². The summed E-state index contributed by atoms with van der Waals surface area (Å²) in [5.74, 6) is -0.382. The Labute approximate surface area is 167 Å². The maximum atomic E-state index is 11.6. The summed E-state index contributed by atoms with van der Waals surface area (Å²) < 4.78 is 4.76. The van der Waals surface area contributed by atoms with Crippen molar-refractivity contribution in [1.29, 1.82) is 0 Å². The van der Waals surface area contributed by atoms with Gasteiger partial charge in [0.25, 0.3) is 0 Å². The number of aromatic nitrogens is 1. The molecule has 2 rings (SSSR count). The van der Waals surface area contributed by atoms with Crippen LogP contribution in [-0.2, 0) is 4.74 Å². The fraction of sp³-hybridized carbons (Fsp3) is 0.333. The molecule has 1 unspecified atom stereocenters. The fourth-order valence-corrected chi connectivity index (χ4v) is 2.62. The van der Waals surface area contributed by atoms with Crippen LogP contribution in [0.15, 0.2) is 36.4 Å². The molecular weight excluding hydrogens is 380 g/mol. The van der Waals surface area contributed by atoms with E-state index in [2.05, 4.69) is 15.6 Å². The lowest BCUT2D eigenvalue weighted by Crippen LogP contribution is -2.33. The Kier molecular flexibility index (Phi) is 7.54. The summed E-state index contributed by atoms with van der Waals surface area (Å²) in [5, 5.41) is 26.8. The second-order valence-corrected chi connectivity index (χ2v) is 6.14. The number of para-hydroxylation sites is 1. The molecule has 0 aliphatic heterocycles. The van der Waals surface area contributed by atoms with Gasteiger partial charge in [0.1, 0.15) is 11.5 Å². The average molecular weight is 404 g/mol. The predicted molar refractivity (Wildman–Crippen MR) is 110 cm³/mol. The number of ether oxygens (including phenoxy) is 1. The highest BCUT2D eigenvalue weighted by Crippen LogP contribution is 2.32. The van der Waals surface area contributed by atoms with Crippen LogP contribution in [0.5, 0.6) is 0 Å². The van der Waals surface area contributed by atoms with Crippen molar-refractivity contribution >= 4 is 34.8 Å². The molecule has 2 aromatic rings. The number of nitrogens with two attached hydrogens (primary N) is 1. The van der Waals surface area contributed by atoms with Crippen molar-refractivity contribution in [3.63, 3.8) is 0 Å². The standard InChI is InChI=1S/C18H24N6O5/c1-3-29-18(26)22-15-9-14(16(24(27)28)17(19)21-15)20-10-13(25)11-23(2)12-7-5-4-6-8-12/h4-9,13,25H,3,10-11H2,1-2H3,(H4,19,20,21,22,26). The van der Waals surface area contributed by atoms with Crippen molar-refractivity contribution in [3.05, 3.63) is 46.5 Å². The van der Waals surface area contributed by atoms with Crippen molar-refractivity contribution in [2.24, 2.45) is 0 Å². The van der Waals surface area contributed by atoms with Gasteiger partial charge in [-0.3, -0.25) is 15.4 Å². The molecule has 0 spiro atoms. The van der Waals surface area contributed by atoms with Gasteiger partial charge in [-0.05, 0) is 19.1 Å². The molecule has 11 nitrogen and oxygen atoms in total. The Morgan fingerprint density at radius 1 is 1.41 bits per heavy atom. The van der Waals surface area contributed by atoms with Gasteiger partial charge in [-0.25, -0.2) is 9.78 Å². The van der Waals surface area contributed by atoms with Crippen LogP contribution in [0, 0.1) is 10.1 Å². The molecule has 29 heavy (non-hydrogen) atoms. The summed E-state index contributed by atoms with van der Waals surface area (Å²) in [5.41, 5.74) is 6.19. The van der Waals surface area contributed by atoms with Gasteiger partial charge in [-0.15, -0.1) is 0 Å². The van der Waals surface area contributed by atoms with E-state index in [0.29, 0.717) is 6.54 Å². The van der Waals surface area contributed by atoms with Crippen LogP contribution in [-0.4, -0.2) is 54.0 Å². The van der Waals surface area contributed by atoms with Crippen LogP contribution < -0.4 is 21.3 Å². The molecule has 0 aliphatic rings. The number of pyridine rings is 1. The van der Waals surface area contributed by atoms with Gasteiger partial charge >= 0.3 is 11.8 Å². The number of nitrogens with one attached hydrogen (secondary N) is 2. The number of nitro groups is 1. The smallest absolute Gasteiger partial charge is 0.412 e. The number of hydrogen-bond acceptors (Lipinski definition) is 9. The zero-order valence-corrected chi connectivity index (χ0v) is 16.2. The molecule has 1 aromatic heterocycles. The number of amides is 1. The Balaban J connectivity index is 2.09. The van der Waals surface area contributed by atoms with E-state index in [0.717, 1.165) is 5.69 Å². The number of likely N-dealkylation sites (N-methyl/N-ethyl adjacent to an activating group) is 1. The van der Waals surface area contributed by atoms with Crippen LogP contribution in [0.3, 0.4) is 0 Å². The molecule has 0 saturated carbocycles. The minimum absolute atomic E-state index is 0.00931. The van der Waals surface area contributed by atoms with E-state index in [-0.39, 0.29) is 30.5 Å². The van der Waals surface area contributed by atoms with E-state index in [1.165, 1.54) is 6.07 Å². The third-order valence-corrected chi connectivity index (χ3v) is 3.92. The first-order chi connectivity index (χ1) is 13.8. The number of benzene rings is 1. The van der Waals surface area contributed by atoms with Gasteiger partial charge in [0, 0.05) is 31.9 Å². The molecular formula is C18H24N6O5. The van der Waals surface area contributed by atoms with Gasteiger partial charge in [-0.1, -0.05) is 18.2 Å². The molecule has 1 aromatic carbocycles. The normalized spacial score (nSPS) is 11.4.